The summed E-state index contributed by atoms with van der Waals surface area (Å²) in [7, 11) is 0. The highest BCUT2D eigenvalue weighted by atomic mass is 19.4. The van der Waals surface area contributed by atoms with Gasteiger partial charge in [0.25, 0.3) is 0 Å². The number of anilines is 1. The topological polar surface area (TPSA) is 59.3 Å². The summed E-state index contributed by atoms with van der Waals surface area (Å²) >= 11 is 0. The van der Waals surface area contributed by atoms with E-state index >= 15 is 0 Å². The van der Waals surface area contributed by atoms with E-state index in [4.69, 9.17) is 10.5 Å². The lowest BCUT2D eigenvalue weighted by atomic mass is 9.76. The Morgan fingerprint density at radius 3 is 2.52 bits per heavy atom. The van der Waals surface area contributed by atoms with Gasteiger partial charge in [-0.2, -0.15) is 13.2 Å². The molecule has 2 aliphatic heterocycles. The summed E-state index contributed by atoms with van der Waals surface area (Å²) in [5, 5.41) is 6.84. The number of alkyl halides is 3. The van der Waals surface area contributed by atoms with Gasteiger partial charge >= 0.3 is 6.18 Å². The molecule has 4 nitrogen and oxygen atoms in total. The van der Waals surface area contributed by atoms with E-state index in [9.17, 15) is 13.2 Å². The fourth-order valence-electron chi connectivity index (χ4n) is 4.63. The van der Waals surface area contributed by atoms with Crippen LogP contribution in [0.3, 0.4) is 0 Å². The smallest absolute Gasteiger partial charge is 0.378 e. The summed E-state index contributed by atoms with van der Waals surface area (Å²) in [6.45, 7) is 5.17. The number of nitrogens with one attached hydrogen (secondary N) is 2. The molecular weight excluding hydrogens is 403 g/mol. The van der Waals surface area contributed by atoms with Gasteiger partial charge in [-0.25, -0.2) is 0 Å². The molecule has 0 aliphatic carbocycles. The average molecular weight is 434 g/mol. The number of benzene rings is 2. The zero-order valence-corrected chi connectivity index (χ0v) is 17.9. The summed E-state index contributed by atoms with van der Waals surface area (Å²) in [6, 6.07) is 14.0. The van der Waals surface area contributed by atoms with Crippen molar-refractivity contribution in [2.45, 2.75) is 56.7 Å². The van der Waals surface area contributed by atoms with Crippen LogP contribution in [0, 0.1) is 5.92 Å². The number of halogens is 3. The molecule has 7 heteroatoms. The molecular formula is C24H30F3N3O. The Balaban J connectivity index is 1.62. The first-order valence-corrected chi connectivity index (χ1v) is 10.8. The van der Waals surface area contributed by atoms with Crippen LogP contribution in [0.25, 0.3) is 0 Å². The van der Waals surface area contributed by atoms with Gasteiger partial charge in [0.2, 0.25) is 0 Å². The van der Waals surface area contributed by atoms with Crippen LogP contribution in [0.15, 0.2) is 48.5 Å². The number of nitrogens with two attached hydrogens (primary N) is 1. The first-order chi connectivity index (χ1) is 14.6. The third-order valence-corrected chi connectivity index (χ3v) is 6.09. The largest absolute Gasteiger partial charge is 0.416 e. The quantitative estimate of drug-likeness (QED) is 0.619. The molecule has 2 aromatic rings. The maximum Gasteiger partial charge on any atom is 0.416 e. The number of fused-ring (bicyclic) bond motifs is 3. The summed E-state index contributed by atoms with van der Waals surface area (Å²) < 4.78 is 46.6. The van der Waals surface area contributed by atoms with Crippen LogP contribution in [0.5, 0.6) is 0 Å². The van der Waals surface area contributed by atoms with E-state index in [0.29, 0.717) is 24.3 Å². The monoisotopic (exact) mass is 433 g/mol. The Hall–Kier alpha value is -2.09. The van der Waals surface area contributed by atoms with Gasteiger partial charge in [0.1, 0.15) is 0 Å². The van der Waals surface area contributed by atoms with Gasteiger partial charge in [-0.3, -0.25) is 0 Å². The van der Waals surface area contributed by atoms with Gasteiger partial charge in [-0.05, 0) is 50.5 Å². The third kappa shape index (κ3) is 5.05. The molecule has 4 rings (SSSR count). The van der Waals surface area contributed by atoms with Crippen molar-refractivity contribution in [1.82, 2.24) is 5.32 Å². The number of ether oxygens (including phenoxy) is 1. The van der Waals surface area contributed by atoms with E-state index in [0.717, 1.165) is 24.5 Å². The van der Waals surface area contributed by atoms with Crippen LogP contribution < -0.4 is 16.4 Å². The zero-order valence-electron chi connectivity index (χ0n) is 17.9. The highest BCUT2D eigenvalue weighted by Crippen LogP contribution is 2.51. The predicted octanol–water partition coefficient (Wildman–Crippen LogP) is 5.04. The molecule has 31 heavy (non-hydrogen) atoms. The van der Waals surface area contributed by atoms with Crippen LogP contribution in [-0.4, -0.2) is 24.7 Å². The minimum atomic E-state index is -4.39. The van der Waals surface area contributed by atoms with E-state index in [-0.39, 0.29) is 23.6 Å². The molecule has 1 fully saturated rings. The fraction of sp³-hybridized carbons (Fsp3) is 0.500. The second-order valence-corrected chi connectivity index (χ2v) is 9.37. The Bertz CT molecular complexity index is 895. The first kappa shape index (κ1) is 22.1. The lowest BCUT2D eigenvalue weighted by Gasteiger charge is -2.46. The summed E-state index contributed by atoms with van der Waals surface area (Å²) in [4.78, 5) is 0. The third-order valence-electron chi connectivity index (χ3n) is 6.09. The second-order valence-electron chi connectivity index (χ2n) is 9.37. The average Bonchev–Trinajstić information content (AvgIpc) is 2.72. The van der Waals surface area contributed by atoms with Crippen molar-refractivity contribution in [1.29, 1.82) is 0 Å². The molecule has 2 heterocycles. The lowest BCUT2D eigenvalue weighted by Crippen LogP contribution is -2.47. The molecule has 0 radical (unpaired) electrons. The second kappa shape index (κ2) is 8.45. The number of rotatable bonds is 5. The number of hydrogen-bond donors (Lipinski definition) is 3. The fourth-order valence-corrected chi connectivity index (χ4v) is 4.63. The highest BCUT2D eigenvalue weighted by Gasteiger charge is 2.43. The summed E-state index contributed by atoms with van der Waals surface area (Å²) in [5.41, 5.74) is 7.49. The van der Waals surface area contributed by atoms with Gasteiger partial charge in [-0.15, -0.1) is 0 Å². The molecule has 4 N–H and O–H groups in total. The Labute approximate surface area is 181 Å². The predicted molar refractivity (Wildman–Crippen MR) is 116 cm³/mol. The minimum Gasteiger partial charge on any atom is -0.378 e. The molecule has 2 aliphatic rings. The van der Waals surface area contributed by atoms with Crippen LogP contribution >= 0.6 is 0 Å². The maximum atomic E-state index is 13.4. The van der Waals surface area contributed by atoms with Gasteiger partial charge in [0, 0.05) is 35.8 Å². The van der Waals surface area contributed by atoms with E-state index < -0.39 is 17.8 Å². The van der Waals surface area contributed by atoms with E-state index in [2.05, 4.69) is 22.8 Å². The van der Waals surface area contributed by atoms with E-state index in [1.807, 2.05) is 32.0 Å². The molecule has 0 spiro atoms. The van der Waals surface area contributed by atoms with Crippen LogP contribution in [-0.2, 0) is 10.9 Å². The summed E-state index contributed by atoms with van der Waals surface area (Å²) in [6.07, 6.45) is -3.14. The summed E-state index contributed by atoms with van der Waals surface area (Å²) in [5.74, 6) is 0.0561. The van der Waals surface area contributed by atoms with Crippen LogP contribution in [0.4, 0.5) is 18.9 Å². The van der Waals surface area contributed by atoms with Gasteiger partial charge < -0.3 is 21.1 Å². The van der Waals surface area contributed by atoms with Crippen molar-refractivity contribution in [3.63, 3.8) is 0 Å². The maximum absolute atomic E-state index is 13.4. The molecule has 0 bridgehead atoms. The van der Waals surface area contributed by atoms with Gasteiger partial charge in [0.05, 0.1) is 23.8 Å². The molecule has 0 aromatic heterocycles. The highest BCUT2D eigenvalue weighted by molar-refractivity contribution is 5.58. The number of hydrogen-bond acceptors (Lipinski definition) is 4. The van der Waals surface area contributed by atoms with Crippen molar-refractivity contribution in [3.8, 4) is 0 Å². The Morgan fingerprint density at radius 1 is 1.10 bits per heavy atom. The molecule has 0 amide bonds. The Morgan fingerprint density at radius 2 is 1.84 bits per heavy atom. The first-order valence-electron chi connectivity index (χ1n) is 10.8. The Kier molecular flexibility index (Phi) is 6.03. The molecule has 2 aromatic carbocycles. The standard InChI is InChI=1S/C24H30F3N3O/c1-23(2,28)14-29-13-17-9-10-18-21(15-6-4-3-5-7-15)30-20-11-8-16(24(25,26)27)12-19(20)22(18)31-17/h3-8,11-12,17-18,21-22,29-30H,9-10,13-14,28H2,1-2H3/t17-,18+,21+,22+/m1/s1. The molecule has 4 atom stereocenters. The van der Waals surface area contributed by atoms with Crippen molar-refractivity contribution in [2.24, 2.45) is 11.7 Å². The van der Waals surface area contributed by atoms with E-state index in [1.54, 1.807) is 0 Å². The molecule has 0 unspecified atom stereocenters. The van der Waals surface area contributed by atoms with Gasteiger partial charge in [0.15, 0.2) is 0 Å². The lowest BCUT2D eigenvalue weighted by molar-refractivity contribution is -0.138. The van der Waals surface area contributed by atoms with E-state index in [1.165, 1.54) is 12.1 Å². The van der Waals surface area contributed by atoms with Crippen LogP contribution in [0.2, 0.25) is 0 Å². The molecule has 1 saturated heterocycles. The normalized spacial score (nSPS) is 26.0. The zero-order chi connectivity index (χ0) is 22.2. The van der Waals surface area contributed by atoms with Crippen LogP contribution in [0.1, 0.15) is 55.5 Å². The molecule has 0 saturated carbocycles. The SMILES string of the molecule is CC(C)(N)CNC[C@H]1CC[C@@H]2[C@H](O1)c1cc(C(F)(F)F)ccc1N[C@H]2c1ccccc1. The van der Waals surface area contributed by atoms with Crippen molar-refractivity contribution >= 4 is 5.69 Å². The van der Waals surface area contributed by atoms with Gasteiger partial charge in [-0.1, -0.05) is 30.3 Å². The minimum absolute atomic E-state index is 0.00711. The van der Waals surface area contributed by atoms with Crippen molar-refractivity contribution in [2.75, 3.05) is 18.4 Å². The van der Waals surface area contributed by atoms with Crippen molar-refractivity contribution < 1.29 is 17.9 Å². The molecule has 168 valence electrons. The van der Waals surface area contributed by atoms with Crippen molar-refractivity contribution in [3.05, 3.63) is 65.2 Å².